The standard InChI is InChI=1S/C53H92O33/c1-8-12-22(78-47-38(69)32(63)26(57)17(2)73-47)13-10-9-11-14-25(56)81-46-45(86-52-43(36(67)30(61)24(16-55)80-52)83-49-40(71)34(65)28(59)19(4)75-49)41(82-48-39(70)33(64)27(58)18(3)74-48)21(6)77-53(46)85-44-37(68)31(62)23(15-54)79-51(44)84-42-35(66)29(60)20(5)76-50(42)72-7/h17-24,26-55,57-71H,8-16H2,1-7H3/t17-,18-,19-,20-,21+,22+,23-,24-,26-,27-,28-,29+,30-,31-,32+,33+,34+,35+,36+,37+,38-,39-,40-,41+,42-,43-,44-,45-,46-,47+,48+,49+,50+,51+,52+,53+/m1/s1. The van der Waals surface area contributed by atoms with Crippen molar-refractivity contribution in [3.63, 3.8) is 0 Å². The first-order valence-electron chi connectivity index (χ1n) is 29.3. The number of rotatable bonds is 24. The molecule has 0 aliphatic carbocycles. The highest BCUT2D eigenvalue weighted by molar-refractivity contribution is 5.69. The summed E-state index contributed by atoms with van der Waals surface area (Å²) in [5.41, 5.74) is 0. The molecule has 7 fully saturated rings. The molecule has 0 spiro atoms. The number of esters is 1. The van der Waals surface area contributed by atoms with E-state index in [-0.39, 0.29) is 12.8 Å². The molecular weight excluding hydrogens is 1160 g/mol. The first-order chi connectivity index (χ1) is 40.7. The van der Waals surface area contributed by atoms with Crippen molar-refractivity contribution in [1.82, 2.24) is 0 Å². The fourth-order valence-electron chi connectivity index (χ4n) is 11.5. The van der Waals surface area contributed by atoms with Gasteiger partial charge in [-0.05, 0) is 53.9 Å². The quantitative estimate of drug-likeness (QED) is 0.0315. The largest absolute Gasteiger partial charge is 0.454 e. The Kier molecular flexibility index (Phi) is 26.4. The number of carbonyl (C=O) groups excluding carboxylic acids is 1. The van der Waals surface area contributed by atoms with Crippen molar-refractivity contribution in [2.45, 2.75) is 308 Å². The lowest BCUT2D eigenvalue weighted by Gasteiger charge is -2.51. The Morgan fingerprint density at radius 1 is 0.372 bits per heavy atom. The van der Waals surface area contributed by atoms with Crippen molar-refractivity contribution in [2.75, 3.05) is 20.3 Å². The highest BCUT2D eigenvalue weighted by Gasteiger charge is 2.59. The average molecular weight is 1260 g/mol. The lowest BCUT2D eigenvalue weighted by atomic mass is 9.95. The Balaban J connectivity index is 1.24. The second kappa shape index (κ2) is 31.7. The lowest BCUT2D eigenvalue weighted by Crippen LogP contribution is -2.69. The van der Waals surface area contributed by atoms with Gasteiger partial charge in [0, 0.05) is 13.5 Å². The van der Waals surface area contributed by atoms with Crippen LogP contribution in [0.1, 0.15) is 86.5 Å². The molecule has 36 atom stereocenters. The predicted octanol–water partition coefficient (Wildman–Crippen LogP) is -7.82. The molecule has 7 saturated heterocycles. The Bertz CT molecular complexity index is 2040. The molecule has 0 radical (unpaired) electrons. The molecule has 0 aromatic heterocycles. The minimum Gasteiger partial charge on any atom is -0.454 e. The summed E-state index contributed by atoms with van der Waals surface area (Å²) >= 11 is 0. The zero-order valence-corrected chi connectivity index (χ0v) is 48.8. The molecule has 0 saturated carbocycles. The number of carbonyl (C=O) groups is 1. The second-order valence-electron chi connectivity index (χ2n) is 23.2. The van der Waals surface area contributed by atoms with Crippen LogP contribution in [0, 0.1) is 0 Å². The van der Waals surface area contributed by atoms with E-state index in [4.69, 9.17) is 71.1 Å². The van der Waals surface area contributed by atoms with Gasteiger partial charge in [0.2, 0.25) is 0 Å². The minimum absolute atomic E-state index is 0.118. The number of aliphatic hydroxyl groups is 17. The molecule has 0 bridgehead atoms. The summed E-state index contributed by atoms with van der Waals surface area (Å²) in [7, 11) is 1.20. The number of ether oxygens (including phenoxy) is 15. The Labute approximate surface area is 495 Å². The summed E-state index contributed by atoms with van der Waals surface area (Å²) in [6, 6.07) is 0. The molecule has 0 unspecified atom stereocenters. The third kappa shape index (κ3) is 16.2. The smallest absolute Gasteiger partial charge is 0.306 e. The van der Waals surface area contributed by atoms with Gasteiger partial charge in [-0.15, -0.1) is 0 Å². The summed E-state index contributed by atoms with van der Waals surface area (Å²) in [4.78, 5) is 14.5. The summed E-state index contributed by atoms with van der Waals surface area (Å²) < 4.78 is 90.4. The summed E-state index contributed by atoms with van der Waals surface area (Å²) in [5.74, 6) is -1.01. The Morgan fingerprint density at radius 2 is 0.744 bits per heavy atom. The van der Waals surface area contributed by atoms with Crippen molar-refractivity contribution in [2.24, 2.45) is 0 Å². The van der Waals surface area contributed by atoms with Crippen LogP contribution < -0.4 is 0 Å². The predicted molar refractivity (Wildman–Crippen MR) is 277 cm³/mol. The number of hydrogen-bond donors (Lipinski definition) is 17. The second-order valence-corrected chi connectivity index (χ2v) is 23.2. The number of unbranched alkanes of at least 4 members (excludes halogenated alkanes) is 2. The van der Waals surface area contributed by atoms with Crippen molar-refractivity contribution in [3.8, 4) is 0 Å². The monoisotopic (exact) mass is 1260 g/mol. The first-order valence-corrected chi connectivity index (χ1v) is 29.3. The maximum atomic E-state index is 14.5. The van der Waals surface area contributed by atoms with Gasteiger partial charge in [0.05, 0.1) is 49.8 Å². The van der Waals surface area contributed by atoms with E-state index in [1.54, 1.807) is 0 Å². The van der Waals surface area contributed by atoms with Crippen molar-refractivity contribution < 1.29 is 163 Å². The lowest BCUT2D eigenvalue weighted by molar-refractivity contribution is -0.413. The van der Waals surface area contributed by atoms with Gasteiger partial charge in [0.1, 0.15) is 134 Å². The maximum absolute atomic E-state index is 14.5. The first kappa shape index (κ1) is 71.7. The van der Waals surface area contributed by atoms with Crippen LogP contribution in [0.5, 0.6) is 0 Å². The molecule has 0 aromatic carbocycles. The van der Waals surface area contributed by atoms with E-state index in [0.717, 1.165) is 0 Å². The summed E-state index contributed by atoms with van der Waals surface area (Å²) in [6.45, 7) is 6.97. The molecule has 7 rings (SSSR count). The highest BCUT2D eigenvalue weighted by Crippen LogP contribution is 2.40. The van der Waals surface area contributed by atoms with Crippen LogP contribution in [0.3, 0.4) is 0 Å². The van der Waals surface area contributed by atoms with Gasteiger partial charge in [-0.2, -0.15) is 0 Å². The van der Waals surface area contributed by atoms with E-state index < -0.39 is 240 Å². The fraction of sp³-hybridized carbons (Fsp3) is 0.981. The number of hydrogen-bond acceptors (Lipinski definition) is 33. The Morgan fingerprint density at radius 3 is 1.21 bits per heavy atom. The van der Waals surface area contributed by atoms with E-state index >= 15 is 0 Å². The van der Waals surface area contributed by atoms with Crippen LogP contribution in [0.25, 0.3) is 0 Å². The molecule has 7 aliphatic rings. The van der Waals surface area contributed by atoms with Crippen LogP contribution in [-0.2, 0) is 75.8 Å². The van der Waals surface area contributed by atoms with E-state index in [9.17, 15) is 91.6 Å². The molecule has 0 amide bonds. The van der Waals surface area contributed by atoms with E-state index in [0.29, 0.717) is 32.1 Å². The third-order valence-electron chi connectivity index (χ3n) is 16.9. The average Bonchev–Trinajstić information content (AvgIpc) is 1.62. The van der Waals surface area contributed by atoms with Gasteiger partial charge in [-0.25, -0.2) is 0 Å². The van der Waals surface area contributed by atoms with E-state index in [1.165, 1.54) is 41.7 Å². The zero-order chi connectivity index (χ0) is 63.3. The van der Waals surface area contributed by atoms with Gasteiger partial charge in [-0.1, -0.05) is 26.2 Å². The topological polar surface area (TPSA) is 499 Å². The normalized spacial score (nSPS) is 49.9. The zero-order valence-electron chi connectivity index (χ0n) is 48.8. The maximum Gasteiger partial charge on any atom is 0.306 e. The molecule has 7 heterocycles. The molecule has 7 aliphatic heterocycles. The van der Waals surface area contributed by atoms with Crippen LogP contribution in [0.2, 0.25) is 0 Å². The van der Waals surface area contributed by atoms with Gasteiger partial charge in [0.25, 0.3) is 0 Å². The molecule has 17 N–H and O–H groups in total. The van der Waals surface area contributed by atoms with Crippen molar-refractivity contribution >= 4 is 5.97 Å². The molecule has 0 aromatic rings. The molecule has 86 heavy (non-hydrogen) atoms. The van der Waals surface area contributed by atoms with Crippen molar-refractivity contribution in [1.29, 1.82) is 0 Å². The van der Waals surface area contributed by atoms with Gasteiger partial charge in [-0.3, -0.25) is 4.79 Å². The number of methoxy groups -OCH3 is 1. The van der Waals surface area contributed by atoms with Gasteiger partial charge >= 0.3 is 5.97 Å². The molecule has 33 heteroatoms. The Hall–Kier alpha value is -1.77. The van der Waals surface area contributed by atoms with Crippen LogP contribution in [-0.4, -0.2) is 334 Å². The van der Waals surface area contributed by atoms with E-state index in [2.05, 4.69) is 0 Å². The third-order valence-corrected chi connectivity index (χ3v) is 16.9. The highest BCUT2D eigenvalue weighted by atomic mass is 16.8. The summed E-state index contributed by atoms with van der Waals surface area (Å²) in [6.07, 6.45) is -58.6. The van der Waals surface area contributed by atoms with Crippen LogP contribution in [0.15, 0.2) is 0 Å². The molecular formula is C53H92O33. The van der Waals surface area contributed by atoms with Gasteiger partial charge < -0.3 is 158 Å². The van der Waals surface area contributed by atoms with Gasteiger partial charge in [0.15, 0.2) is 50.1 Å². The SMILES string of the molecule is CCC[C@@H](CCCCCC(=O)O[C@H]1[C@H](O[C@H]2[C@H](O[C@H]3[C@@H](OC)O[C@H](C)[C@H](O)[C@@H]3O)O[C@H](CO)[C@@H](O)[C@@H]2O)O[C@@H](C)[C@H](O[C@@H]2O[C@H](C)[C@@H](O)[C@H](O)[C@H]2O)[C@H]1O[C@@H]1O[C@H](CO)[C@@H](O)[C@H](O)[C@H]1O[C@@H]1O[C@H](C)[C@@H](O)[C@H](O)[C@H]1O)O[C@@H]1O[C@H](C)[C@@H](O)[C@H](O)[C@H]1O. The summed E-state index contributed by atoms with van der Waals surface area (Å²) in [5, 5.41) is 185. The minimum atomic E-state index is -2.12. The van der Waals surface area contributed by atoms with E-state index in [1.807, 2.05) is 6.92 Å². The van der Waals surface area contributed by atoms with Crippen molar-refractivity contribution in [3.05, 3.63) is 0 Å². The van der Waals surface area contributed by atoms with Crippen LogP contribution in [0.4, 0.5) is 0 Å². The molecule has 502 valence electrons. The molecule has 33 nitrogen and oxygen atoms in total. The number of aliphatic hydroxyl groups excluding tert-OH is 17. The van der Waals surface area contributed by atoms with Crippen LogP contribution >= 0.6 is 0 Å². The fourth-order valence-corrected chi connectivity index (χ4v) is 11.5.